The van der Waals surface area contributed by atoms with Crippen LogP contribution in [0.2, 0.25) is 0 Å². The molecule has 1 saturated heterocycles. The number of para-hydroxylation sites is 2. The Morgan fingerprint density at radius 1 is 0.900 bits per heavy atom. The number of nitrogens with zero attached hydrogens (tertiary/aromatic N) is 2. The number of piperazine rings is 1. The summed E-state index contributed by atoms with van der Waals surface area (Å²) in [5.41, 5.74) is 1.19. The molecule has 3 aliphatic rings. The van der Waals surface area contributed by atoms with E-state index in [4.69, 9.17) is 18.9 Å². The minimum Gasteiger partial charge on any atom is -0.486 e. The van der Waals surface area contributed by atoms with E-state index in [0.717, 1.165) is 31.1 Å². The second-order valence-electron chi connectivity index (χ2n) is 7.89. The summed E-state index contributed by atoms with van der Waals surface area (Å²) in [6.45, 7) is 6.89. The van der Waals surface area contributed by atoms with Crippen LogP contribution in [0.4, 0.5) is 0 Å². The lowest BCUT2D eigenvalue weighted by molar-refractivity contribution is -0.146. The maximum absolute atomic E-state index is 13.1. The van der Waals surface area contributed by atoms with Crippen molar-refractivity contribution in [1.82, 2.24) is 9.80 Å². The number of carbonyl (C=O) groups is 1. The van der Waals surface area contributed by atoms with Crippen LogP contribution < -0.4 is 18.9 Å². The number of benzene rings is 2. The van der Waals surface area contributed by atoms with Crippen molar-refractivity contribution in [1.29, 1.82) is 0 Å². The van der Waals surface area contributed by atoms with E-state index in [1.54, 1.807) is 0 Å². The van der Waals surface area contributed by atoms with Gasteiger partial charge in [-0.15, -0.1) is 0 Å². The second-order valence-corrected chi connectivity index (χ2v) is 7.89. The van der Waals surface area contributed by atoms with E-state index in [-0.39, 0.29) is 12.0 Å². The Kier molecular flexibility index (Phi) is 5.12. The fraction of sp³-hybridized carbons (Fsp3) is 0.435. The van der Waals surface area contributed by atoms with Gasteiger partial charge in [-0.3, -0.25) is 9.69 Å². The van der Waals surface area contributed by atoms with Crippen molar-refractivity contribution in [3.63, 3.8) is 0 Å². The molecule has 0 saturated carbocycles. The van der Waals surface area contributed by atoms with E-state index in [2.05, 4.69) is 17.0 Å². The Labute approximate surface area is 176 Å². The average Bonchev–Trinajstić information content (AvgIpc) is 2.78. The first kappa shape index (κ1) is 19.1. The van der Waals surface area contributed by atoms with E-state index >= 15 is 0 Å². The van der Waals surface area contributed by atoms with E-state index in [1.807, 2.05) is 42.2 Å². The van der Waals surface area contributed by atoms with Crippen LogP contribution in [0.25, 0.3) is 0 Å². The molecular formula is C23H26N2O5. The maximum atomic E-state index is 13.1. The fourth-order valence-corrected chi connectivity index (χ4v) is 4.14. The average molecular weight is 410 g/mol. The molecule has 0 aromatic heterocycles. The van der Waals surface area contributed by atoms with Crippen LogP contribution in [0, 0.1) is 0 Å². The largest absolute Gasteiger partial charge is 0.486 e. The smallest absolute Gasteiger partial charge is 0.267 e. The Hall–Kier alpha value is -2.93. The quantitative estimate of drug-likeness (QED) is 0.774. The predicted molar refractivity (Wildman–Crippen MR) is 110 cm³/mol. The number of amides is 1. The number of rotatable bonds is 3. The van der Waals surface area contributed by atoms with Crippen molar-refractivity contribution in [2.75, 3.05) is 39.4 Å². The minimum atomic E-state index is -0.607. The molecule has 2 aromatic carbocycles. The molecule has 2 aromatic rings. The standard InChI is InChI=1S/C23H26N2O5/c1-16-22(30-20-5-3-2-4-19(20)29-16)23(26)25-10-8-24(9-11-25)15-17-6-7-18-21(14-17)28-13-12-27-18/h2-7,14,16,22H,8-13,15H2,1H3. The molecular weight excluding hydrogens is 384 g/mol. The van der Waals surface area contributed by atoms with Crippen LogP contribution in [0.1, 0.15) is 12.5 Å². The second kappa shape index (κ2) is 8.07. The highest BCUT2D eigenvalue weighted by Crippen LogP contribution is 2.34. The van der Waals surface area contributed by atoms with Gasteiger partial charge in [0.05, 0.1) is 0 Å². The third-order valence-corrected chi connectivity index (χ3v) is 5.78. The fourth-order valence-electron chi connectivity index (χ4n) is 4.14. The molecule has 3 aliphatic heterocycles. The van der Waals surface area contributed by atoms with Gasteiger partial charge >= 0.3 is 0 Å². The number of ether oxygens (including phenoxy) is 4. The number of fused-ring (bicyclic) bond motifs is 2. The molecule has 2 unspecified atom stereocenters. The molecule has 0 radical (unpaired) electrons. The Bertz CT molecular complexity index is 926. The number of hydrogen-bond acceptors (Lipinski definition) is 6. The van der Waals surface area contributed by atoms with Gasteiger partial charge in [0, 0.05) is 32.7 Å². The third-order valence-electron chi connectivity index (χ3n) is 5.78. The lowest BCUT2D eigenvalue weighted by atomic mass is 10.1. The highest BCUT2D eigenvalue weighted by atomic mass is 16.6. The van der Waals surface area contributed by atoms with Gasteiger partial charge in [0.2, 0.25) is 6.10 Å². The highest BCUT2D eigenvalue weighted by Gasteiger charge is 2.37. The van der Waals surface area contributed by atoms with Gasteiger partial charge in [-0.2, -0.15) is 0 Å². The molecule has 2 atom stereocenters. The summed E-state index contributed by atoms with van der Waals surface area (Å²) < 4.78 is 23.2. The lowest BCUT2D eigenvalue weighted by Gasteiger charge is -2.38. The van der Waals surface area contributed by atoms with Gasteiger partial charge in [-0.05, 0) is 36.8 Å². The third kappa shape index (κ3) is 3.77. The highest BCUT2D eigenvalue weighted by molar-refractivity contribution is 5.82. The summed E-state index contributed by atoms with van der Waals surface area (Å²) in [7, 11) is 0. The SMILES string of the molecule is CC1Oc2ccccc2OC1C(=O)N1CCN(Cc2ccc3c(c2)OCCO3)CC1. The number of carbonyl (C=O) groups excluding carboxylic acids is 1. The summed E-state index contributed by atoms with van der Waals surface area (Å²) in [6.07, 6.45) is -0.924. The van der Waals surface area contributed by atoms with Crippen molar-refractivity contribution in [2.45, 2.75) is 25.7 Å². The van der Waals surface area contributed by atoms with E-state index in [9.17, 15) is 4.79 Å². The molecule has 0 aliphatic carbocycles. The van der Waals surface area contributed by atoms with Gasteiger partial charge in [0.15, 0.2) is 23.0 Å². The molecule has 1 fully saturated rings. The first-order valence-electron chi connectivity index (χ1n) is 10.5. The number of hydrogen-bond donors (Lipinski definition) is 0. The van der Waals surface area contributed by atoms with Crippen LogP contribution in [0.15, 0.2) is 42.5 Å². The molecule has 3 heterocycles. The van der Waals surface area contributed by atoms with Gasteiger partial charge in [0.25, 0.3) is 5.91 Å². The first-order chi connectivity index (χ1) is 14.7. The van der Waals surface area contributed by atoms with E-state index in [1.165, 1.54) is 5.56 Å². The van der Waals surface area contributed by atoms with Crippen molar-refractivity contribution >= 4 is 5.91 Å². The summed E-state index contributed by atoms with van der Waals surface area (Å²) in [5, 5.41) is 0. The van der Waals surface area contributed by atoms with Gasteiger partial charge in [-0.1, -0.05) is 18.2 Å². The van der Waals surface area contributed by atoms with Crippen molar-refractivity contribution in [3.05, 3.63) is 48.0 Å². The molecule has 5 rings (SSSR count). The zero-order valence-electron chi connectivity index (χ0n) is 17.1. The van der Waals surface area contributed by atoms with Crippen LogP contribution in [0.5, 0.6) is 23.0 Å². The molecule has 7 heteroatoms. The van der Waals surface area contributed by atoms with E-state index < -0.39 is 6.10 Å². The topological polar surface area (TPSA) is 60.5 Å². The Balaban J connectivity index is 1.17. The van der Waals surface area contributed by atoms with Crippen LogP contribution in [-0.4, -0.2) is 67.3 Å². The van der Waals surface area contributed by atoms with Crippen molar-refractivity contribution in [3.8, 4) is 23.0 Å². The van der Waals surface area contributed by atoms with Crippen LogP contribution >= 0.6 is 0 Å². The molecule has 7 nitrogen and oxygen atoms in total. The lowest BCUT2D eigenvalue weighted by Crippen LogP contribution is -2.55. The maximum Gasteiger partial charge on any atom is 0.267 e. The van der Waals surface area contributed by atoms with Gasteiger partial charge in [-0.25, -0.2) is 0 Å². The van der Waals surface area contributed by atoms with Crippen molar-refractivity contribution < 1.29 is 23.7 Å². The van der Waals surface area contributed by atoms with Crippen LogP contribution in [0.3, 0.4) is 0 Å². The molecule has 0 N–H and O–H groups in total. The summed E-state index contributed by atoms with van der Waals surface area (Å²) in [5.74, 6) is 2.95. The molecule has 158 valence electrons. The summed E-state index contributed by atoms with van der Waals surface area (Å²) in [6, 6.07) is 13.6. The first-order valence-corrected chi connectivity index (χ1v) is 10.5. The molecule has 0 spiro atoms. The Morgan fingerprint density at radius 3 is 2.37 bits per heavy atom. The molecule has 30 heavy (non-hydrogen) atoms. The van der Waals surface area contributed by atoms with Gasteiger partial charge < -0.3 is 23.8 Å². The van der Waals surface area contributed by atoms with E-state index in [0.29, 0.717) is 37.8 Å². The van der Waals surface area contributed by atoms with Crippen molar-refractivity contribution in [2.24, 2.45) is 0 Å². The monoisotopic (exact) mass is 410 g/mol. The Morgan fingerprint density at radius 2 is 1.60 bits per heavy atom. The summed E-state index contributed by atoms with van der Waals surface area (Å²) >= 11 is 0. The zero-order valence-corrected chi connectivity index (χ0v) is 17.1. The van der Waals surface area contributed by atoms with Crippen LogP contribution in [-0.2, 0) is 11.3 Å². The minimum absolute atomic E-state index is 0.00372. The van der Waals surface area contributed by atoms with Gasteiger partial charge in [0.1, 0.15) is 19.3 Å². The molecule has 0 bridgehead atoms. The normalized spacial score (nSPS) is 23.2. The zero-order chi connectivity index (χ0) is 20.5. The summed E-state index contributed by atoms with van der Waals surface area (Å²) in [4.78, 5) is 17.3. The predicted octanol–water partition coefficient (Wildman–Crippen LogP) is 2.33. The molecule has 1 amide bonds.